The molecule has 0 aliphatic rings. The second-order valence-electron chi connectivity index (χ2n) is 4.02. The molecule has 0 radical (unpaired) electrons. The maximum Gasteiger partial charge on any atom is 0.247 e. The van der Waals surface area contributed by atoms with Gasteiger partial charge in [0.1, 0.15) is 5.82 Å². The summed E-state index contributed by atoms with van der Waals surface area (Å²) >= 11 is 0. The maximum absolute atomic E-state index is 11.4. The lowest BCUT2D eigenvalue weighted by molar-refractivity contribution is 0.593. The molecule has 1 N–H and O–H groups in total. The highest BCUT2D eigenvalue weighted by atomic mass is 32.2. The van der Waals surface area contributed by atoms with Crippen LogP contribution in [0.15, 0.2) is 23.6 Å². The summed E-state index contributed by atoms with van der Waals surface area (Å²) in [6.45, 7) is 0. The zero-order valence-corrected chi connectivity index (χ0v) is 11.1. The zero-order chi connectivity index (χ0) is 13.3. The highest BCUT2D eigenvalue weighted by Crippen LogP contribution is 2.25. The molecule has 0 unspecified atom stereocenters. The molecule has 0 fully saturated rings. The maximum atomic E-state index is 11.4. The second-order valence-corrected chi connectivity index (χ2v) is 5.93. The van der Waals surface area contributed by atoms with Gasteiger partial charge in [0.2, 0.25) is 15.0 Å². The first-order chi connectivity index (χ1) is 8.39. The van der Waals surface area contributed by atoms with Crippen molar-refractivity contribution in [2.75, 3.05) is 25.3 Å². The first-order valence-electron chi connectivity index (χ1n) is 5.14. The van der Waals surface area contributed by atoms with E-state index in [1.807, 2.05) is 19.0 Å². The van der Waals surface area contributed by atoms with Crippen LogP contribution in [0.3, 0.4) is 0 Å². The van der Waals surface area contributed by atoms with Crippen molar-refractivity contribution in [2.24, 2.45) is 0 Å². The Kier molecular flexibility index (Phi) is 3.04. The first-order valence-corrected chi connectivity index (χ1v) is 7.03. The van der Waals surface area contributed by atoms with Gasteiger partial charge in [-0.3, -0.25) is 5.10 Å². The Morgan fingerprint density at radius 1 is 1.33 bits per heavy atom. The van der Waals surface area contributed by atoms with Crippen LogP contribution in [0.1, 0.15) is 0 Å². The molecule has 0 spiro atoms. The number of nitrogens with one attached hydrogen (secondary N) is 1. The average molecular weight is 267 g/mol. The summed E-state index contributed by atoms with van der Waals surface area (Å²) in [7, 11) is 0.298. The summed E-state index contributed by atoms with van der Waals surface area (Å²) in [5.41, 5.74) is 1.25. The van der Waals surface area contributed by atoms with Crippen LogP contribution < -0.4 is 4.90 Å². The van der Waals surface area contributed by atoms with E-state index in [0.29, 0.717) is 5.69 Å². The molecule has 0 aliphatic carbocycles. The van der Waals surface area contributed by atoms with Gasteiger partial charge in [0.15, 0.2) is 0 Å². The molecule has 2 aromatic heterocycles. The Morgan fingerprint density at radius 2 is 2.06 bits per heavy atom. The predicted octanol–water partition coefficient (Wildman–Crippen LogP) is 0.336. The topological polar surface area (TPSA) is 91.8 Å². The van der Waals surface area contributed by atoms with Gasteiger partial charge in [-0.25, -0.2) is 18.4 Å². The van der Waals surface area contributed by atoms with Gasteiger partial charge in [-0.05, 0) is 6.07 Å². The summed E-state index contributed by atoms with van der Waals surface area (Å²) in [5, 5.41) is 6.57. The number of hydrogen-bond acceptors (Lipinski definition) is 6. The van der Waals surface area contributed by atoms with Gasteiger partial charge in [-0.15, -0.1) is 0 Å². The van der Waals surface area contributed by atoms with Gasteiger partial charge in [-0.2, -0.15) is 5.10 Å². The lowest BCUT2D eigenvalue weighted by Gasteiger charge is -2.11. The number of anilines is 1. The lowest BCUT2D eigenvalue weighted by Crippen LogP contribution is -2.11. The van der Waals surface area contributed by atoms with Crippen LogP contribution in [0.5, 0.6) is 0 Å². The fraction of sp³-hybridized carbons (Fsp3) is 0.300. The minimum absolute atomic E-state index is 0.189. The van der Waals surface area contributed by atoms with E-state index in [4.69, 9.17) is 0 Å². The van der Waals surface area contributed by atoms with Crippen molar-refractivity contribution in [3.8, 4) is 11.3 Å². The van der Waals surface area contributed by atoms with Crippen LogP contribution in [0.25, 0.3) is 11.3 Å². The van der Waals surface area contributed by atoms with Crippen molar-refractivity contribution in [3.63, 3.8) is 0 Å². The molecule has 96 valence electrons. The smallest absolute Gasteiger partial charge is 0.247 e. The molecule has 0 saturated heterocycles. The van der Waals surface area contributed by atoms with E-state index in [1.54, 1.807) is 12.3 Å². The third-order valence-corrected chi connectivity index (χ3v) is 3.17. The molecule has 0 aliphatic heterocycles. The standard InChI is InChI=1S/C10H13N5O2S/c1-15(2)9-7(6-12-14-9)8-4-5-11-10(13-8)18(3,16)17/h4-6H,1-3H3,(H,12,14). The van der Waals surface area contributed by atoms with Crippen molar-refractivity contribution in [1.29, 1.82) is 0 Å². The van der Waals surface area contributed by atoms with Gasteiger partial charge >= 0.3 is 0 Å². The minimum atomic E-state index is -3.42. The minimum Gasteiger partial charge on any atom is -0.363 e. The summed E-state index contributed by atoms with van der Waals surface area (Å²) in [5.74, 6) is 0.758. The van der Waals surface area contributed by atoms with Crippen LogP contribution in [-0.4, -0.2) is 48.9 Å². The molecule has 0 amide bonds. The number of sulfone groups is 1. The molecule has 7 nitrogen and oxygen atoms in total. The molecule has 2 heterocycles. The monoisotopic (exact) mass is 267 g/mol. The van der Waals surface area contributed by atoms with Crippen LogP contribution in [0, 0.1) is 0 Å². The molecule has 18 heavy (non-hydrogen) atoms. The van der Waals surface area contributed by atoms with Crippen molar-refractivity contribution in [1.82, 2.24) is 20.2 Å². The van der Waals surface area contributed by atoms with E-state index >= 15 is 0 Å². The Bertz CT molecular complexity index is 662. The van der Waals surface area contributed by atoms with E-state index < -0.39 is 9.84 Å². The number of aromatic amines is 1. The Labute approximate surface area is 105 Å². The fourth-order valence-corrected chi connectivity index (χ4v) is 1.99. The largest absolute Gasteiger partial charge is 0.363 e. The van der Waals surface area contributed by atoms with Crippen molar-refractivity contribution < 1.29 is 8.42 Å². The second kappa shape index (κ2) is 4.37. The van der Waals surface area contributed by atoms with Gasteiger partial charge < -0.3 is 4.90 Å². The molecule has 0 bridgehead atoms. The van der Waals surface area contributed by atoms with E-state index in [-0.39, 0.29) is 5.16 Å². The van der Waals surface area contributed by atoms with E-state index in [0.717, 1.165) is 17.6 Å². The Hall–Kier alpha value is -1.96. The van der Waals surface area contributed by atoms with E-state index in [9.17, 15) is 8.42 Å². The fourth-order valence-electron chi connectivity index (χ4n) is 1.48. The Balaban J connectivity index is 2.55. The first kappa shape index (κ1) is 12.5. The van der Waals surface area contributed by atoms with Crippen LogP contribution in [-0.2, 0) is 9.84 Å². The molecular formula is C10H13N5O2S. The molecule has 2 rings (SSSR count). The van der Waals surface area contributed by atoms with Crippen molar-refractivity contribution in [3.05, 3.63) is 18.5 Å². The number of hydrogen-bond donors (Lipinski definition) is 1. The quantitative estimate of drug-likeness (QED) is 0.806. The van der Waals surface area contributed by atoms with Gasteiger partial charge in [0.25, 0.3) is 0 Å². The predicted molar refractivity (Wildman–Crippen MR) is 67.1 cm³/mol. The van der Waals surface area contributed by atoms with Crippen LogP contribution in [0.2, 0.25) is 0 Å². The summed E-state index contributed by atoms with van der Waals surface area (Å²) in [6.07, 6.45) is 4.10. The summed E-state index contributed by atoms with van der Waals surface area (Å²) in [4.78, 5) is 9.63. The number of aromatic nitrogens is 4. The van der Waals surface area contributed by atoms with Gasteiger partial charge in [-0.1, -0.05) is 0 Å². The van der Waals surface area contributed by atoms with Crippen molar-refractivity contribution in [2.45, 2.75) is 5.16 Å². The average Bonchev–Trinajstić information content (AvgIpc) is 2.77. The highest BCUT2D eigenvalue weighted by molar-refractivity contribution is 7.90. The van der Waals surface area contributed by atoms with Crippen LogP contribution in [0.4, 0.5) is 5.82 Å². The van der Waals surface area contributed by atoms with E-state index in [1.165, 1.54) is 6.20 Å². The van der Waals surface area contributed by atoms with Gasteiger partial charge in [0, 0.05) is 26.5 Å². The summed E-state index contributed by atoms with van der Waals surface area (Å²) < 4.78 is 22.8. The third-order valence-electron chi connectivity index (χ3n) is 2.31. The summed E-state index contributed by atoms with van der Waals surface area (Å²) in [6, 6.07) is 1.65. The molecule has 0 aromatic carbocycles. The number of H-pyrrole nitrogens is 1. The number of nitrogens with zero attached hydrogens (tertiary/aromatic N) is 4. The molecule has 2 aromatic rings. The molecule has 0 saturated carbocycles. The molecular weight excluding hydrogens is 254 g/mol. The normalized spacial score (nSPS) is 11.5. The number of rotatable bonds is 3. The van der Waals surface area contributed by atoms with Gasteiger partial charge in [0.05, 0.1) is 17.5 Å². The Morgan fingerprint density at radius 3 is 2.67 bits per heavy atom. The molecule has 0 atom stereocenters. The van der Waals surface area contributed by atoms with Crippen molar-refractivity contribution >= 4 is 15.7 Å². The molecule has 8 heteroatoms. The lowest BCUT2D eigenvalue weighted by atomic mass is 10.2. The third kappa shape index (κ3) is 2.33. The zero-order valence-electron chi connectivity index (χ0n) is 10.2. The SMILES string of the molecule is CN(C)c1[nH]ncc1-c1ccnc(S(C)(=O)=O)n1. The highest BCUT2D eigenvalue weighted by Gasteiger charge is 2.15. The van der Waals surface area contributed by atoms with Crippen LogP contribution >= 0.6 is 0 Å². The van der Waals surface area contributed by atoms with E-state index in [2.05, 4.69) is 20.2 Å².